The third kappa shape index (κ3) is 4.42. The van der Waals surface area contributed by atoms with Gasteiger partial charge in [0.1, 0.15) is 5.82 Å². The van der Waals surface area contributed by atoms with E-state index in [9.17, 15) is 18.8 Å². The summed E-state index contributed by atoms with van der Waals surface area (Å²) in [5.74, 6) is -1.57. The van der Waals surface area contributed by atoms with Crippen LogP contribution in [0.1, 0.15) is 12.8 Å². The van der Waals surface area contributed by atoms with Crippen LogP contribution in [0.4, 0.5) is 15.2 Å². The van der Waals surface area contributed by atoms with Crippen molar-refractivity contribution in [1.82, 2.24) is 10.3 Å². The Hall–Kier alpha value is -2.81. The molecule has 1 fully saturated rings. The van der Waals surface area contributed by atoms with E-state index in [1.54, 1.807) is 11.6 Å². The molecular formula is C17H17FN4O3S. The maximum atomic E-state index is 13.0. The number of rotatable bonds is 6. The monoisotopic (exact) mass is 376 g/mol. The number of anilines is 2. The second-order valence-corrected chi connectivity index (χ2v) is 6.70. The van der Waals surface area contributed by atoms with E-state index in [4.69, 9.17) is 0 Å². The van der Waals surface area contributed by atoms with Crippen LogP contribution < -0.4 is 15.5 Å². The van der Waals surface area contributed by atoms with Crippen LogP contribution in [0.2, 0.25) is 0 Å². The molecule has 2 heterocycles. The Labute approximate surface area is 153 Å². The molecule has 0 unspecified atom stereocenters. The van der Waals surface area contributed by atoms with E-state index in [2.05, 4.69) is 15.6 Å². The second kappa shape index (κ2) is 8.05. The van der Waals surface area contributed by atoms with Crippen LogP contribution >= 0.6 is 11.3 Å². The fraction of sp³-hybridized carbons (Fsp3) is 0.294. The van der Waals surface area contributed by atoms with Crippen LogP contribution in [0.15, 0.2) is 35.8 Å². The minimum Gasteiger partial charge on any atom is -0.355 e. The lowest BCUT2D eigenvalue weighted by atomic mass is 10.1. The third-order valence-corrected chi connectivity index (χ3v) is 4.65. The standard InChI is InChI=1S/C17H17FN4O3S/c18-12-1-3-13(4-2-12)22-10-11(9-15(22)24)16(25)19-6-5-14(23)21-17-20-7-8-26-17/h1-4,7-8,11H,5-6,9-10H2,(H,19,25)(H,20,21,23)/t11-/m0/s1. The molecule has 3 amide bonds. The van der Waals surface area contributed by atoms with Crippen LogP contribution in [0.5, 0.6) is 0 Å². The molecule has 1 aromatic heterocycles. The van der Waals surface area contributed by atoms with Crippen molar-refractivity contribution in [1.29, 1.82) is 0 Å². The van der Waals surface area contributed by atoms with Crippen LogP contribution in [0.25, 0.3) is 0 Å². The molecule has 1 aliphatic heterocycles. The van der Waals surface area contributed by atoms with Gasteiger partial charge in [-0.25, -0.2) is 9.37 Å². The van der Waals surface area contributed by atoms with Gasteiger partial charge in [0, 0.05) is 43.2 Å². The third-order valence-electron chi connectivity index (χ3n) is 3.96. The fourth-order valence-corrected chi connectivity index (χ4v) is 3.21. The molecule has 0 aliphatic carbocycles. The number of nitrogens with one attached hydrogen (secondary N) is 2. The molecule has 0 radical (unpaired) electrons. The highest BCUT2D eigenvalue weighted by Crippen LogP contribution is 2.25. The number of hydrogen-bond donors (Lipinski definition) is 2. The summed E-state index contributed by atoms with van der Waals surface area (Å²) in [6, 6.07) is 5.57. The van der Waals surface area contributed by atoms with E-state index in [-0.39, 0.29) is 49.5 Å². The number of halogens is 1. The van der Waals surface area contributed by atoms with Crippen LogP contribution in [0, 0.1) is 11.7 Å². The number of carbonyl (C=O) groups is 3. The van der Waals surface area contributed by atoms with E-state index in [0.29, 0.717) is 10.8 Å². The first kappa shape index (κ1) is 18.0. The number of thiazole rings is 1. The molecule has 0 spiro atoms. The molecule has 9 heteroatoms. The first-order chi connectivity index (χ1) is 12.5. The molecule has 1 atom stereocenters. The minimum absolute atomic E-state index is 0.0918. The zero-order chi connectivity index (χ0) is 18.5. The average molecular weight is 376 g/mol. The zero-order valence-electron chi connectivity index (χ0n) is 13.8. The Morgan fingerprint density at radius 2 is 2.08 bits per heavy atom. The number of hydrogen-bond acceptors (Lipinski definition) is 5. The summed E-state index contributed by atoms with van der Waals surface area (Å²) in [5, 5.41) is 7.57. The quantitative estimate of drug-likeness (QED) is 0.804. The lowest BCUT2D eigenvalue weighted by Crippen LogP contribution is -2.34. The number of aromatic nitrogens is 1. The van der Waals surface area contributed by atoms with Gasteiger partial charge in [0.25, 0.3) is 0 Å². The summed E-state index contributed by atoms with van der Waals surface area (Å²) in [5.41, 5.74) is 0.564. The smallest absolute Gasteiger partial charge is 0.227 e. The van der Waals surface area contributed by atoms with Crippen molar-refractivity contribution in [2.75, 3.05) is 23.3 Å². The molecule has 7 nitrogen and oxygen atoms in total. The van der Waals surface area contributed by atoms with Gasteiger partial charge in [-0.1, -0.05) is 0 Å². The Kier molecular flexibility index (Phi) is 5.57. The van der Waals surface area contributed by atoms with Gasteiger partial charge >= 0.3 is 0 Å². The van der Waals surface area contributed by atoms with Gasteiger partial charge in [0.2, 0.25) is 17.7 Å². The highest BCUT2D eigenvalue weighted by atomic mass is 32.1. The molecule has 1 aliphatic rings. The first-order valence-corrected chi connectivity index (χ1v) is 8.94. The molecule has 0 saturated carbocycles. The Balaban J connectivity index is 1.46. The van der Waals surface area contributed by atoms with Crippen molar-refractivity contribution in [3.8, 4) is 0 Å². The van der Waals surface area contributed by atoms with E-state index >= 15 is 0 Å². The van der Waals surface area contributed by atoms with Crippen LogP contribution in [0.3, 0.4) is 0 Å². The number of nitrogens with zero attached hydrogens (tertiary/aromatic N) is 2. The molecule has 26 heavy (non-hydrogen) atoms. The first-order valence-electron chi connectivity index (χ1n) is 8.06. The van der Waals surface area contributed by atoms with Crippen molar-refractivity contribution in [3.05, 3.63) is 41.7 Å². The lowest BCUT2D eigenvalue weighted by Gasteiger charge is -2.16. The van der Waals surface area contributed by atoms with Gasteiger partial charge in [-0.2, -0.15) is 0 Å². The summed E-state index contributed by atoms with van der Waals surface area (Å²) in [4.78, 5) is 41.5. The highest BCUT2D eigenvalue weighted by molar-refractivity contribution is 7.13. The maximum Gasteiger partial charge on any atom is 0.227 e. The van der Waals surface area contributed by atoms with E-state index in [0.717, 1.165) is 0 Å². The predicted octanol–water partition coefficient (Wildman–Crippen LogP) is 1.78. The van der Waals surface area contributed by atoms with Gasteiger partial charge in [-0.15, -0.1) is 11.3 Å². The van der Waals surface area contributed by atoms with Crippen LogP contribution in [-0.2, 0) is 14.4 Å². The maximum absolute atomic E-state index is 13.0. The van der Waals surface area contributed by atoms with Crippen LogP contribution in [-0.4, -0.2) is 35.8 Å². The van der Waals surface area contributed by atoms with Crippen molar-refractivity contribution in [2.24, 2.45) is 5.92 Å². The summed E-state index contributed by atoms with van der Waals surface area (Å²) < 4.78 is 13.0. The van der Waals surface area contributed by atoms with Gasteiger partial charge in [-0.3, -0.25) is 14.4 Å². The molecule has 0 bridgehead atoms. The molecular weight excluding hydrogens is 359 g/mol. The Bertz CT molecular complexity index is 795. The summed E-state index contributed by atoms with van der Waals surface area (Å²) in [6.45, 7) is 0.416. The van der Waals surface area contributed by atoms with Gasteiger partial charge in [0.05, 0.1) is 5.92 Å². The second-order valence-electron chi connectivity index (χ2n) is 5.81. The molecule has 1 aromatic carbocycles. The lowest BCUT2D eigenvalue weighted by molar-refractivity contribution is -0.126. The average Bonchev–Trinajstić information content (AvgIpc) is 3.25. The van der Waals surface area contributed by atoms with Crippen molar-refractivity contribution < 1.29 is 18.8 Å². The molecule has 2 aromatic rings. The van der Waals surface area contributed by atoms with E-state index in [1.165, 1.54) is 40.5 Å². The molecule has 2 N–H and O–H groups in total. The van der Waals surface area contributed by atoms with E-state index < -0.39 is 5.92 Å². The van der Waals surface area contributed by atoms with Crippen molar-refractivity contribution in [3.63, 3.8) is 0 Å². The summed E-state index contributed by atoms with van der Waals surface area (Å²) >= 11 is 1.31. The van der Waals surface area contributed by atoms with Gasteiger partial charge in [-0.05, 0) is 24.3 Å². The summed E-state index contributed by atoms with van der Waals surface area (Å²) in [7, 11) is 0. The Morgan fingerprint density at radius 3 is 2.77 bits per heavy atom. The predicted molar refractivity (Wildman–Crippen MR) is 95.2 cm³/mol. The Morgan fingerprint density at radius 1 is 1.31 bits per heavy atom. The zero-order valence-corrected chi connectivity index (χ0v) is 14.6. The highest BCUT2D eigenvalue weighted by Gasteiger charge is 2.34. The number of carbonyl (C=O) groups excluding carboxylic acids is 3. The molecule has 3 rings (SSSR count). The summed E-state index contributed by atoms with van der Waals surface area (Å²) in [6.07, 6.45) is 1.80. The normalized spacial score (nSPS) is 16.6. The minimum atomic E-state index is -0.491. The largest absolute Gasteiger partial charge is 0.355 e. The number of amides is 3. The molecule has 1 saturated heterocycles. The topological polar surface area (TPSA) is 91.4 Å². The SMILES string of the molecule is O=C(CCNC(=O)[C@H]1CC(=O)N(c2ccc(F)cc2)C1)Nc1nccs1. The van der Waals surface area contributed by atoms with Crippen molar-refractivity contribution >= 4 is 39.9 Å². The van der Waals surface area contributed by atoms with Gasteiger partial charge < -0.3 is 15.5 Å². The van der Waals surface area contributed by atoms with E-state index in [1.807, 2.05) is 0 Å². The van der Waals surface area contributed by atoms with Crippen molar-refractivity contribution in [2.45, 2.75) is 12.8 Å². The molecule has 136 valence electrons. The van der Waals surface area contributed by atoms with Gasteiger partial charge in [0.15, 0.2) is 5.13 Å². The fourth-order valence-electron chi connectivity index (χ4n) is 2.66. The number of benzene rings is 1.